The Morgan fingerprint density at radius 3 is 2.37 bits per heavy atom. The Bertz CT molecular complexity index is 519. The van der Waals surface area contributed by atoms with Crippen molar-refractivity contribution in [2.75, 3.05) is 7.05 Å². The quantitative estimate of drug-likeness (QED) is 0.907. The zero-order chi connectivity index (χ0) is 13.8. The van der Waals surface area contributed by atoms with Crippen molar-refractivity contribution < 1.29 is 4.74 Å². The molecule has 1 aromatic carbocycles. The Labute approximate surface area is 118 Å². The van der Waals surface area contributed by atoms with E-state index in [1.807, 2.05) is 40.0 Å². The fraction of sp³-hybridized carbons (Fsp3) is 0.400. The van der Waals surface area contributed by atoms with Crippen LogP contribution < -0.4 is 10.1 Å². The van der Waals surface area contributed by atoms with E-state index >= 15 is 0 Å². The fourth-order valence-electron chi connectivity index (χ4n) is 1.95. The highest BCUT2D eigenvalue weighted by Gasteiger charge is 2.15. The first-order valence-corrected chi connectivity index (χ1v) is 7.34. The predicted molar refractivity (Wildman–Crippen MR) is 80.0 cm³/mol. The van der Waals surface area contributed by atoms with Crippen molar-refractivity contribution in [3.05, 3.63) is 45.9 Å². The third kappa shape index (κ3) is 3.55. The molecule has 4 heteroatoms. The molecule has 1 aromatic heterocycles. The third-order valence-corrected chi connectivity index (χ3v) is 3.79. The monoisotopic (exact) mass is 276 g/mol. The summed E-state index contributed by atoms with van der Waals surface area (Å²) in [7, 11) is 1.96. The lowest BCUT2D eigenvalue weighted by atomic mass is 10.1. The van der Waals surface area contributed by atoms with Gasteiger partial charge in [0.1, 0.15) is 10.8 Å². The molecule has 0 saturated carbocycles. The molecule has 19 heavy (non-hydrogen) atoms. The van der Waals surface area contributed by atoms with Crippen molar-refractivity contribution >= 4 is 11.3 Å². The molecule has 0 radical (unpaired) electrons. The Balaban J connectivity index is 2.19. The van der Waals surface area contributed by atoms with Crippen molar-refractivity contribution in [2.45, 2.75) is 32.9 Å². The summed E-state index contributed by atoms with van der Waals surface area (Å²) >= 11 is 1.69. The van der Waals surface area contributed by atoms with E-state index in [1.165, 1.54) is 5.56 Å². The van der Waals surface area contributed by atoms with Gasteiger partial charge in [-0.2, -0.15) is 0 Å². The average molecular weight is 276 g/mol. The predicted octanol–water partition coefficient (Wildman–Crippen LogP) is 3.55. The number of thiazole rings is 1. The second-order valence-electron chi connectivity index (χ2n) is 4.78. The topological polar surface area (TPSA) is 34.1 Å². The summed E-state index contributed by atoms with van der Waals surface area (Å²) in [4.78, 5) is 4.55. The Kier molecular flexibility index (Phi) is 4.56. The number of nitrogens with zero attached hydrogens (tertiary/aromatic N) is 1. The SMILES string of the molecule is CNC(c1ccc(OC(C)C)cc1)c1nc(C)cs1. The van der Waals surface area contributed by atoms with Crippen molar-refractivity contribution in [3.8, 4) is 5.75 Å². The lowest BCUT2D eigenvalue weighted by molar-refractivity contribution is 0.242. The van der Waals surface area contributed by atoms with Crippen LogP contribution in [-0.4, -0.2) is 18.1 Å². The average Bonchev–Trinajstić information content (AvgIpc) is 2.78. The molecule has 1 heterocycles. The summed E-state index contributed by atoms with van der Waals surface area (Å²) in [6.45, 7) is 6.08. The minimum absolute atomic E-state index is 0.145. The maximum absolute atomic E-state index is 5.66. The number of hydrogen-bond acceptors (Lipinski definition) is 4. The maximum Gasteiger partial charge on any atom is 0.119 e. The van der Waals surface area contributed by atoms with Gasteiger partial charge in [0.05, 0.1) is 12.1 Å². The van der Waals surface area contributed by atoms with Gasteiger partial charge in [-0.05, 0) is 45.5 Å². The summed E-state index contributed by atoms with van der Waals surface area (Å²) in [5, 5.41) is 6.49. The van der Waals surface area contributed by atoms with Gasteiger partial charge in [-0.1, -0.05) is 12.1 Å². The largest absolute Gasteiger partial charge is 0.491 e. The zero-order valence-electron chi connectivity index (χ0n) is 11.8. The molecule has 0 bridgehead atoms. The molecule has 0 spiro atoms. The molecule has 1 atom stereocenters. The molecular formula is C15H20N2OS. The summed E-state index contributed by atoms with van der Waals surface area (Å²) < 4.78 is 5.66. The van der Waals surface area contributed by atoms with Gasteiger partial charge in [-0.15, -0.1) is 11.3 Å². The smallest absolute Gasteiger partial charge is 0.119 e. The van der Waals surface area contributed by atoms with Gasteiger partial charge in [-0.3, -0.25) is 0 Å². The standard InChI is InChI=1S/C15H20N2OS/c1-10(2)18-13-7-5-12(6-8-13)14(16-4)15-17-11(3)9-19-15/h5-10,14,16H,1-4H3. The van der Waals surface area contributed by atoms with Gasteiger partial charge in [0, 0.05) is 11.1 Å². The first-order chi connectivity index (χ1) is 9.10. The van der Waals surface area contributed by atoms with Gasteiger partial charge in [0.15, 0.2) is 0 Å². The number of aromatic nitrogens is 1. The van der Waals surface area contributed by atoms with Crippen molar-refractivity contribution in [1.82, 2.24) is 10.3 Å². The lowest BCUT2D eigenvalue weighted by Gasteiger charge is -2.15. The van der Waals surface area contributed by atoms with Crippen LogP contribution in [0.4, 0.5) is 0 Å². The molecule has 2 aromatic rings. The number of hydrogen-bond donors (Lipinski definition) is 1. The molecule has 1 N–H and O–H groups in total. The van der Waals surface area contributed by atoms with Crippen LogP contribution in [0.2, 0.25) is 0 Å². The molecule has 3 nitrogen and oxygen atoms in total. The fourth-order valence-corrected chi connectivity index (χ4v) is 2.88. The second kappa shape index (κ2) is 6.17. The third-order valence-electron chi connectivity index (χ3n) is 2.76. The number of nitrogens with one attached hydrogen (secondary N) is 1. The normalized spacial score (nSPS) is 12.7. The van der Waals surface area contributed by atoms with Crippen LogP contribution in [0, 0.1) is 6.92 Å². The van der Waals surface area contributed by atoms with Crippen LogP contribution >= 0.6 is 11.3 Å². The van der Waals surface area contributed by atoms with Crippen molar-refractivity contribution in [2.24, 2.45) is 0 Å². The van der Waals surface area contributed by atoms with E-state index in [4.69, 9.17) is 4.74 Å². The minimum atomic E-state index is 0.145. The highest BCUT2D eigenvalue weighted by atomic mass is 32.1. The first-order valence-electron chi connectivity index (χ1n) is 6.46. The van der Waals surface area contributed by atoms with E-state index in [-0.39, 0.29) is 12.1 Å². The van der Waals surface area contributed by atoms with E-state index in [0.29, 0.717) is 0 Å². The molecule has 0 aliphatic carbocycles. The second-order valence-corrected chi connectivity index (χ2v) is 5.67. The lowest BCUT2D eigenvalue weighted by Crippen LogP contribution is -2.17. The van der Waals surface area contributed by atoms with Crippen LogP contribution in [-0.2, 0) is 0 Å². The highest BCUT2D eigenvalue weighted by molar-refractivity contribution is 7.09. The Hall–Kier alpha value is -1.39. The molecule has 0 aliphatic heterocycles. The Morgan fingerprint density at radius 2 is 1.89 bits per heavy atom. The summed E-state index contributed by atoms with van der Waals surface area (Å²) in [5.41, 5.74) is 2.27. The maximum atomic E-state index is 5.66. The summed E-state index contributed by atoms with van der Waals surface area (Å²) in [6, 6.07) is 8.36. The van der Waals surface area contributed by atoms with Crippen LogP contribution in [0.15, 0.2) is 29.6 Å². The van der Waals surface area contributed by atoms with Crippen LogP contribution in [0.1, 0.15) is 36.2 Å². The van der Waals surface area contributed by atoms with Gasteiger partial charge in [-0.25, -0.2) is 4.98 Å². The molecule has 1 unspecified atom stereocenters. The van der Waals surface area contributed by atoms with E-state index in [2.05, 4.69) is 27.8 Å². The van der Waals surface area contributed by atoms with E-state index in [1.54, 1.807) is 11.3 Å². The van der Waals surface area contributed by atoms with Gasteiger partial charge >= 0.3 is 0 Å². The van der Waals surface area contributed by atoms with Gasteiger partial charge < -0.3 is 10.1 Å². The molecule has 0 fully saturated rings. The number of benzene rings is 1. The molecular weight excluding hydrogens is 256 g/mol. The number of rotatable bonds is 5. The van der Waals surface area contributed by atoms with Gasteiger partial charge in [0.2, 0.25) is 0 Å². The number of aryl methyl sites for hydroxylation is 1. The van der Waals surface area contributed by atoms with Crippen molar-refractivity contribution in [1.29, 1.82) is 0 Å². The van der Waals surface area contributed by atoms with Crippen LogP contribution in [0.5, 0.6) is 5.75 Å². The minimum Gasteiger partial charge on any atom is -0.491 e. The summed E-state index contributed by atoms with van der Waals surface area (Å²) in [6.07, 6.45) is 0.201. The molecule has 0 aliphatic rings. The molecule has 102 valence electrons. The number of ether oxygens (including phenoxy) is 1. The zero-order valence-corrected chi connectivity index (χ0v) is 12.6. The van der Waals surface area contributed by atoms with E-state index in [0.717, 1.165) is 16.5 Å². The Morgan fingerprint density at radius 1 is 1.21 bits per heavy atom. The van der Waals surface area contributed by atoms with Crippen LogP contribution in [0.25, 0.3) is 0 Å². The van der Waals surface area contributed by atoms with Crippen molar-refractivity contribution in [3.63, 3.8) is 0 Å². The first kappa shape index (κ1) is 14.0. The molecule has 2 rings (SSSR count). The molecule has 0 amide bonds. The van der Waals surface area contributed by atoms with E-state index < -0.39 is 0 Å². The summed E-state index contributed by atoms with van der Waals surface area (Å²) in [5.74, 6) is 0.906. The van der Waals surface area contributed by atoms with E-state index in [9.17, 15) is 0 Å². The highest BCUT2D eigenvalue weighted by Crippen LogP contribution is 2.26. The van der Waals surface area contributed by atoms with Crippen LogP contribution in [0.3, 0.4) is 0 Å². The van der Waals surface area contributed by atoms with Gasteiger partial charge in [0.25, 0.3) is 0 Å². The molecule has 0 saturated heterocycles.